The number of benzene rings is 1. The predicted octanol–water partition coefficient (Wildman–Crippen LogP) is 3.28. The number of aryl methyl sites for hydroxylation is 4. The Labute approximate surface area is 146 Å². The first kappa shape index (κ1) is 17.0. The number of amides is 1. The van der Waals surface area contributed by atoms with Crippen molar-refractivity contribution in [2.75, 3.05) is 6.54 Å². The van der Waals surface area contributed by atoms with Gasteiger partial charge >= 0.3 is 0 Å². The first-order valence-corrected chi connectivity index (χ1v) is 8.37. The van der Waals surface area contributed by atoms with E-state index < -0.39 is 0 Å². The minimum Gasteiger partial charge on any atom is -0.360 e. The summed E-state index contributed by atoms with van der Waals surface area (Å²) in [6.07, 6.45) is 0.804. The highest BCUT2D eigenvalue weighted by Crippen LogP contribution is 2.24. The molecule has 0 aliphatic rings. The molecule has 1 aromatic carbocycles. The van der Waals surface area contributed by atoms with E-state index >= 15 is 0 Å². The lowest BCUT2D eigenvalue weighted by molar-refractivity contribution is 0.0951. The van der Waals surface area contributed by atoms with Crippen LogP contribution in [-0.4, -0.2) is 27.4 Å². The molecule has 2 aromatic heterocycles. The maximum Gasteiger partial charge on any atom is 0.257 e. The van der Waals surface area contributed by atoms with Crippen molar-refractivity contribution >= 4 is 5.91 Å². The molecule has 0 atom stereocenters. The number of nitrogens with one attached hydrogen (secondary N) is 1. The zero-order valence-corrected chi connectivity index (χ0v) is 14.7. The van der Waals surface area contributed by atoms with E-state index in [1.54, 1.807) is 6.92 Å². The maximum absolute atomic E-state index is 12.6. The standard InChI is InChI=1S/C19H22N4O2/c1-13-12-14(2)23(21-13)11-7-10-20-19(24)17-15(3)25-22-18(17)16-8-5-4-6-9-16/h4-6,8-9,12H,7,10-11H2,1-3H3,(H,20,24). The van der Waals surface area contributed by atoms with E-state index in [2.05, 4.69) is 15.6 Å². The van der Waals surface area contributed by atoms with Gasteiger partial charge in [0.2, 0.25) is 0 Å². The molecule has 1 N–H and O–H groups in total. The zero-order chi connectivity index (χ0) is 17.8. The second kappa shape index (κ2) is 7.34. The van der Waals surface area contributed by atoms with Crippen molar-refractivity contribution in [1.29, 1.82) is 0 Å². The van der Waals surface area contributed by atoms with Gasteiger partial charge in [0.15, 0.2) is 0 Å². The van der Waals surface area contributed by atoms with Crippen LogP contribution in [0.2, 0.25) is 0 Å². The van der Waals surface area contributed by atoms with Crippen LogP contribution in [0.3, 0.4) is 0 Å². The van der Waals surface area contributed by atoms with Crippen LogP contribution in [0.15, 0.2) is 40.9 Å². The summed E-state index contributed by atoms with van der Waals surface area (Å²) in [6.45, 7) is 7.10. The topological polar surface area (TPSA) is 73.0 Å². The summed E-state index contributed by atoms with van der Waals surface area (Å²) in [4.78, 5) is 12.6. The molecular weight excluding hydrogens is 316 g/mol. The molecule has 25 heavy (non-hydrogen) atoms. The summed E-state index contributed by atoms with van der Waals surface area (Å²) in [5.41, 5.74) is 4.08. The number of nitrogens with zero attached hydrogens (tertiary/aromatic N) is 3. The molecule has 0 spiro atoms. The molecular formula is C19H22N4O2. The Balaban J connectivity index is 1.62. The molecule has 0 unspecified atom stereocenters. The molecule has 3 aromatic rings. The van der Waals surface area contributed by atoms with Gasteiger partial charge in [0.05, 0.1) is 5.69 Å². The smallest absolute Gasteiger partial charge is 0.257 e. The number of carbonyl (C=O) groups excluding carboxylic acids is 1. The molecule has 0 aliphatic carbocycles. The highest BCUT2D eigenvalue weighted by molar-refractivity contribution is 6.00. The fraction of sp³-hybridized carbons (Fsp3) is 0.316. The van der Waals surface area contributed by atoms with Gasteiger partial charge in [-0.05, 0) is 33.3 Å². The van der Waals surface area contributed by atoms with Gasteiger partial charge in [0.25, 0.3) is 5.91 Å². The Morgan fingerprint density at radius 2 is 1.96 bits per heavy atom. The maximum atomic E-state index is 12.6. The summed E-state index contributed by atoms with van der Waals surface area (Å²) in [6, 6.07) is 11.6. The molecule has 6 nitrogen and oxygen atoms in total. The van der Waals surface area contributed by atoms with E-state index in [1.165, 1.54) is 0 Å². The third-order valence-corrected chi connectivity index (χ3v) is 4.07. The van der Waals surface area contributed by atoms with Crippen molar-refractivity contribution in [3.8, 4) is 11.3 Å². The van der Waals surface area contributed by atoms with E-state index in [4.69, 9.17) is 4.52 Å². The molecule has 0 radical (unpaired) electrons. The SMILES string of the molecule is Cc1cc(C)n(CCCNC(=O)c2c(-c3ccccc3)noc2C)n1. The number of hydrogen-bond donors (Lipinski definition) is 1. The Morgan fingerprint density at radius 3 is 2.64 bits per heavy atom. The first-order chi connectivity index (χ1) is 12.1. The molecule has 0 aliphatic heterocycles. The fourth-order valence-corrected chi connectivity index (χ4v) is 2.85. The highest BCUT2D eigenvalue weighted by Gasteiger charge is 2.21. The minimum absolute atomic E-state index is 0.161. The van der Waals surface area contributed by atoms with Crippen molar-refractivity contribution in [1.82, 2.24) is 20.3 Å². The summed E-state index contributed by atoms with van der Waals surface area (Å²) < 4.78 is 7.20. The Kier molecular flexibility index (Phi) is 4.97. The second-order valence-corrected chi connectivity index (χ2v) is 6.09. The third-order valence-electron chi connectivity index (χ3n) is 4.07. The third kappa shape index (κ3) is 3.79. The number of hydrogen-bond acceptors (Lipinski definition) is 4. The first-order valence-electron chi connectivity index (χ1n) is 8.37. The van der Waals surface area contributed by atoms with Crippen molar-refractivity contribution in [3.05, 3.63) is 59.1 Å². The van der Waals surface area contributed by atoms with Gasteiger partial charge in [-0.3, -0.25) is 9.48 Å². The quantitative estimate of drug-likeness (QED) is 0.700. The van der Waals surface area contributed by atoms with Crippen molar-refractivity contribution in [3.63, 3.8) is 0 Å². The van der Waals surface area contributed by atoms with Crippen LogP contribution >= 0.6 is 0 Å². The Morgan fingerprint density at radius 1 is 1.20 bits per heavy atom. The average molecular weight is 338 g/mol. The van der Waals surface area contributed by atoms with Crippen LogP contribution in [0.4, 0.5) is 0 Å². The van der Waals surface area contributed by atoms with Gasteiger partial charge in [-0.1, -0.05) is 35.5 Å². The van der Waals surface area contributed by atoms with Gasteiger partial charge in [-0.2, -0.15) is 5.10 Å². The molecule has 3 rings (SSSR count). The van der Waals surface area contributed by atoms with Gasteiger partial charge in [-0.25, -0.2) is 0 Å². The van der Waals surface area contributed by atoms with E-state index in [-0.39, 0.29) is 5.91 Å². The van der Waals surface area contributed by atoms with Crippen molar-refractivity contribution in [2.24, 2.45) is 0 Å². The number of carbonyl (C=O) groups is 1. The molecule has 130 valence electrons. The number of aromatic nitrogens is 3. The lowest BCUT2D eigenvalue weighted by atomic mass is 10.1. The minimum atomic E-state index is -0.161. The van der Waals surface area contributed by atoms with Crippen LogP contribution in [0.5, 0.6) is 0 Å². The van der Waals surface area contributed by atoms with Crippen LogP contribution in [0.25, 0.3) is 11.3 Å². The van der Waals surface area contributed by atoms with E-state index in [0.29, 0.717) is 23.6 Å². The zero-order valence-electron chi connectivity index (χ0n) is 14.7. The lowest BCUT2D eigenvalue weighted by Crippen LogP contribution is -2.26. The monoisotopic (exact) mass is 338 g/mol. The lowest BCUT2D eigenvalue weighted by Gasteiger charge is -2.07. The van der Waals surface area contributed by atoms with E-state index in [9.17, 15) is 4.79 Å². The van der Waals surface area contributed by atoms with Crippen LogP contribution in [0, 0.1) is 20.8 Å². The van der Waals surface area contributed by atoms with Crippen molar-refractivity contribution < 1.29 is 9.32 Å². The molecule has 0 fully saturated rings. The second-order valence-electron chi connectivity index (χ2n) is 6.09. The molecule has 1 amide bonds. The summed E-state index contributed by atoms with van der Waals surface area (Å²) in [5, 5.41) is 11.4. The molecule has 0 bridgehead atoms. The average Bonchev–Trinajstić information content (AvgIpc) is 3.14. The predicted molar refractivity (Wildman–Crippen MR) is 95.3 cm³/mol. The molecule has 0 saturated carbocycles. The van der Waals surface area contributed by atoms with Gasteiger partial charge in [-0.15, -0.1) is 0 Å². The van der Waals surface area contributed by atoms with Gasteiger partial charge < -0.3 is 9.84 Å². The van der Waals surface area contributed by atoms with Gasteiger partial charge in [0, 0.05) is 24.3 Å². The molecule has 2 heterocycles. The van der Waals surface area contributed by atoms with E-state index in [0.717, 1.165) is 29.9 Å². The summed E-state index contributed by atoms with van der Waals surface area (Å²) >= 11 is 0. The van der Waals surface area contributed by atoms with Crippen LogP contribution in [-0.2, 0) is 6.54 Å². The summed E-state index contributed by atoms with van der Waals surface area (Å²) in [5.74, 6) is 0.362. The van der Waals surface area contributed by atoms with E-state index in [1.807, 2.05) is 54.9 Å². The van der Waals surface area contributed by atoms with Crippen molar-refractivity contribution in [2.45, 2.75) is 33.7 Å². The van der Waals surface area contributed by atoms with Gasteiger partial charge in [0.1, 0.15) is 17.0 Å². The van der Waals surface area contributed by atoms with Crippen LogP contribution < -0.4 is 5.32 Å². The largest absolute Gasteiger partial charge is 0.360 e. The fourth-order valence-electron chi connectivity index (χ4n) is 2.85. The Bertz CT molecular complexity index is 865. The summed E-state index contributed by atoms with van der Waals surface area (Å²) in [7, 11) is 0. The normalized spacial score (nSPS) is 10.8. The number of rotatable bonds is 6. The molecule has 6 heteroatoms. The Hall–Kier alpha value is -2.89. The highest BCUT2D eigenvalue weighted by atomic mass is 16.5. The van der Waals surface area contributed by atoms with Crippen LogP contribution in [0.1, 0.15) is 33.9 Å². The molecule has 0 saturated heterocycles.